The zero-order valence-corrected chi connectivity index (χ0v) is 11.7. The molecule has 20 heavy (non-hydrogen) atoms. The van der Waals surface area contributed by atoms with Crippen LogP contribution in [-0.4, -0.2) is 17.2 Å². The minimum atomic E-state index is 0.253. The van der Waals surface area contributed by atoms with Crippen molar-refractivity contribution in [1.29, 1.82) is 0 Å². The van der Waals surface area contributed by atoms with Gasteiger partial charge >= 0.3 is 0 Å². The molecule has 100 valence electrons. The zero-order chi connectivity index (χ0) is 13.9. The fraction of sp³-hybridized carbons (Fsp3) is 0.0625. The van der Waals surface area contributed by atoms with Gasteiger partial charge < -0.3 is 9.84 Å². The quantitative estimate of drug-likeness (QED) is 0.783. The second kappa shape index (κ2) is 5.35. The summed E-state index contributed by atoms with van der Waals surface area (Å²) in [6, 6.07) is 15.1. The molecule has 0 unspecified atom stereocenters. The van der Waals surface area contributed by atoms with E-state index in [-0.39, 0.29) is 5.75 Å². The highest BCUT2D eigenvalue weighted by Crippen LogP contribution is 2.36. The predicted molar refractivity (Wildman–Crippen MR) is 81.2 cm³/mol. The van der Waals surface area contributed by atoms with Crippen molar-refractivity contribution in [1.82, 2.24) is 4.98 Å². The van der Waals surface area contributed by atoms with Crippen molar-refractivity contribution < 1.29 is 9.84 Å². The number of hydrogen-bond donors (Lipinski definition) is 1. The van der Waals surface area contributed by atoms with E-state index in [9.17, 15) is 5.11 Å². The maximum atomic E-state index is 9.86. The first kappa shape index (κ1) is 12.7. The van der Waals surface area contributed by atoms with E-state index in [2.05, 4.69) is 4.98 Å². The van der Waals surface area contributed by atoms with E-state index in [1.165, 1.54) is 0 Å². The largest absolute Gasteiger partial charge is 0.507 e. The molecule has 0 spiro atoms. The number of para-hydroxylation sites is 1. The van der Waals surface area contributed by atoms with Crippen LogP contribution in [0.5, 0.6) is 11.5 Å². The number of benzene rings is 2. The van der Waals surface area contributed by atoms with Crippen LogP contribution in [0, 0.1) is 0 Å². The molecule has 0 amide bonds. The summed E-state index contributed by atoms with van der Waals surface area (Å²) in [5, 5.41) is 10.7. The Balaban J connectivity index is 1.95. The molecule has 1 aromatic heterocycles. The number of hydrogen-bond acceptors (Lipinski definition) is 4. The third-order valence-electron chi connectivity index (χ3n) is 3.01. The molecule has 0 fully saturated rings. The van der Waals surface area contributed by atoms with Gasteiger partial charge in [0, 0.05) is 6.20 Å². The molecule has 0 saturated heterocycles. The van der Waals surface area contributed by atoms with Gasteiger partial charge in [0.1, 0.15) is 16.5 Å². The average Bonchev–Trinajstić information content (AvgIpc) is 2.97. The Hall–Kier alpha value is -2.33. The van der Waals surface area contributed by atoms with Crippen LogP contribution < -0.4 is 4.74 Å². The van der Waals surface area contributed by atoms with Crippen LogP contribution in [0.2, 0.25) is 0 Å². The monoisotopic (exact) mass is 283 g/mol. The van der Waals surface area contributed by atoms with Crippen molar-refractivity contribution in [3.8, 4) is 32.5 Å². The number of rotatable bonds is 3. The van der Waals surface area contributed by atoms with Crippen molar-refractivity contribution in [2.24, 2.45) is 0 Å². The second-order valence-electron chi connectivity index (χ2n) is 4.28. The predicted octanol–water partition coefficient (Wildman–Crippen LogP) is 4.19. The lowest BCUT2D eigenvalue weighted by Gasteiger charge is -2.01. The summed E-state index contributed by atoms with van der Waals surface area (Å²) in [5.41, 5.74) is 1.85. The minimum Gasteiger partial charge on any atom is -0.507 e. The third-order valence-corrected chi connectivity index (χ3v) is 4.09. The van der Waals surface area contributed by atoms with Crippen LogP contribution in [0.25, 0.3) is 21.0 Å². The van der Waals surface area contributed by atoms with Gasteiger partial charge in [0.2, 0.25) is 0 Å². The van der Waals surface area contributed by atoms with Crippen LogP contribution in [0.15, 0.2) is 54.7 Å². The van der Waals surface area contributed by atoms with E-state index in [1.807, 2.05) is 42.6 Å². The Labute approximate surface area is 121 Å². The second-order valence-corrected chi connectivity index (χ2v) is 5.31. The van der Waals surface area contributed by atoms with Crippen molar-refractivity contribution in [3.05, 3.63) is 54.7 Å². The molecule has 0 aliphatic carbocycles. The minimum absolute atomic E-state index is 0.253. The summed E-state index contributed by atoms with van der Waals surface area (Å²) in [5.74, 6) is 1.09. The van der Waals surface area contributed by atoms with Gasteiger partial charge in [-0.1, -0.05) is 12.1 Å². The summed E-state index contributed by atoms with van der Waals surface area (Å²) in [6.45, 7) is 0. The number of aromatic hydroxyl groups is 1. The summed E-state index contributed by atoms with van der Waals surface area (Å²) >= 11 is 1.55. The number of ether oxygens (including phenoxy) is 1. The molecule has 3 nitrogen and oxygen atoms in total. The van der Waals surface area contributed by atoms with Gasteiger partial charge in [0.15, 0.2) is 0 Å². The van der Waals surface area contributed by atoms with Crippen molar-refractivity contribution in [2.45, 2.75) is 0 Å². The Kier molecular flexibility index (Phi) is 3.39. The molecule has 0 aliphatic heterocycles. The molecule has 0 aliphatic rings. The summed E-state index contributed by atoms with van der Waals surface area (Å²) in [4.78, 5) is 5.45. The van der Waals surface area contributed by atoms with Crippen molar-refractivity contribution >= 4 is 11.3 Å². The maximum Gasteiger partial charge on any atom is 0.127 e. The van der Waals surface area contributed by atoms with E-state index in [0.29, 0.717) is 0 Å². The molecule has 2 aromatic carbocycles. The Bertz CT molecular complexity index is 719. The number of nitrogens with zero attached hydrogens (tertiary/aromatic N) is 1. The Morgan fingerprint density at radius 1 is 1.05 bits per heavy atom. The third kappa shape index (κ3) is 2.38. The van der Waals surface area contributed by atoms with Gasteiger partial charge in [0.25, 0.3) is 0 Å². The highest BCUT2D eigenvalue weighted by molar-refractivity contribution is 7.18. The number of phenolic OH excluding ortho intramolecular Hbond substituents is 1. The molecule has 4 heteroatoms. The first-order valence-electron chi connectivity index (χ1n) is 6.16. The standard InChI is InChI=1S/C16H13NO2S/c1-19-12-8-6-11(7-9-12)15-10-17-16(20-15)13-4-2-3-5-14(13)18/h2-10,18H,1H3. The Morgan fingerprint density at radius 2 is 1.80 bits per heavy atom. The average molecular weight is 283 g/mol. The van der Waals surface area contributed by atoms with Gasteiger partial charge in [-0.25, -0.2) is 4.98 Å². The molecule has 1 N–H and O–H groups in total. The van der Waals surface area contributed by atoms with Gasteiger partial charge in [-0.15, -0.1) is 11.3 Å². The van der Waals surface area contributed by atoms with E-state index < -0.39 is 0 Å². The van der Waals surface area contributed by atoms with E-state index in [4.69, 9.17) is 4.74 Å². The van der Waals surface area contributed by atoms with Gasteiger partial charge in [-0.3, -0.25) is 0 Å². The first-order valence-corrected chi connectivity index (χ1v) is 6.98. The maximum absolute atomic E-state index is 9.86. The van der Waals surface area contributed by atoms with Crippen LogP contribution in [0.1, 0.15) is 0 Å². The summed E-state index contributed by atoms with van der Waals surface area (Å²) in [6.07, 6.45) is 1.83. The molecule has 3 rings (SSSR count). The molecule has 0 saturated carbocycles. The van der Waals surface area contributed by atoms with E-state index in [0.717, 1.165) is 26.8 Å². The first-order chi connectivity index (χ1) is 9.78. The number of methoxy groups -OCH3 is 1. The molecular formula is C16H13NO2S. The fourth-order valence-corrected chi connectivity index (χ4v) is 2.90. The lowest BCUT2D eigenvalue weighted by Crippen LogP contribution is -1.81. The van der Waals surface area contributed by atoms with E-state index in [1.54, 1.807) is 30.6 Å². The summed E-state index contributed by atoms with van der Waals surface area (Å²) in [7, 11) is 1.65. The van der Waals surface area contributed by atoms with Crippen LogP contribution in [0.3, 0.4) is 0 Å². The Morgan fingerprint density at radius 3 is 2.50 bits per heavy atom. The highest BCUT2D eigenvalue weighted by atomic mass is 32.1. The molecule has 0 atom stereocenters. The highest BCUT2D eigenvalue weighted by Gasteiger charge is 2.09. The fourth-order valence-electron chi connectivity index (χ4n) is 1.94. The molecule has 0 radical (unpaired) electrons. The lowest BCUT2D eigenvalue weighted by atomic mass is 10.2. The van der Waals surface area contributed by atoms with Crippen LogP contribution in [-0.2, 0) is 0 Å². The van der Waals surface area contributed by atoms with Crippen molar-refractivity contribution in [3.63, 3.8) is 0 Å². The number of phenols is 1. The zero-order valence-electron chi connectivity index (χ0n) is 10.9. The molecule has 3 aromatic rings. The van der Waals surface area contributed by atoms with Crippen LogP contribution >= 0.6 is 11.3 Å². The van der Waals surface area contributed by atoms with Gasteiger partial charge in [-0.05, 0) is 42.0 Å². The van der Waals surface area contributed by atoms with Gasteiger partial charge in [0.05, 0.1) is 17.6 Å². The molecular weight excluding hydrogens is 270 g/mol. The van der Waals surface area contributed by atoms with Crippen LogP contribution in [0.4, 0.5) is 0 Å². The number of thiazole rings is 1. The lowest BCUT2D eigenvalue weighted by molar-refractivity contribution is 0.415. The molecule has 0 bridgehead atoms. The summed E-state index contributed by atoms with van der Waals surface area (Å²) < 4.78 is 5.15. The normalized spacial score (nSPS) is 10.4. The van der Waals surface area contributed by atoms with Crippen molar-refractivity contribution in [2.75, 3.05) is 7.11 Å². The smallest absolute Gasteiger partial charge is 0.127 e. The molecule has 1 heterocycles. The van der Waals surface area contributed by atoms with E-state index >= 15 is 0 Å². The number of aromatic nitrogens is 1. The SMILES string of the molecule is COc1ccc(-c2cnc(-c3ccccc3O)s2)cc1. The van der Waals surface area contributed by atoms with Gasteiger partial charge in [-0.2, -0.15) is 0 Å². The topological polar surface area (TPSA) is 42.4 Å².